The molecule has 0 N–H and O–H groups in total. The van der Waals surface area contributed by atoms with Gasteiger partial charge in [0.1, 0.15) is 5.82 Å². The van der Waals surface area contributed by atoms with Gasteiger partial charge in [0.15, 0.2) is 0 Å². The molecule has 0 radical (unpaired) electrons. The molecule has 0 aromatic heterocycles. The third-order valence-electron chi connectivity index (χ3n) is 5.16. The van der Waals surface area contributed by atoms with Gasteiger partial charge in [-0.3, -0.25) is 4.90 Å². The Morgan fingerprint density at radius 1 is 1.30 bits per heavy atom. The van der Waals surface area contributed by atoms with E-state index in [0.717, 1.165) is 44.3 Å². The molecule has 2 fully saturated rings. The highest BCUT2D eigenvalue weighted by molar-refractivity contribution is 6.31. The van der Waals surface area contributed by atoms with Gasteiger partial charge in [0.05, 0.1) is 6.61 Å². The quantitative estimate of drug-likeness (QED) is 0.817. The fraction of sp³-hybridized carbons (Fsp3) is 0.667. The smallest absolute Gasteiger partial charge is 0.124 e. The molecular formula is C18H26ClFN2O. The minimum absolute atomic E-state index is 0.273. The van der Waals surface area contributed by atoms with E-state index in [4.69, 9.17) is 16.3 Å². The average molecular weight is 341 g/mol. The van der Waals surface area contributed by atoms with Crippen LogP contribution in [0, 0.1) is 11.7 Å². The van der Waals surface area contributed by atoms with Gasteiger partial charge in [-0.15, -0.1) is 0 Å². The van der Waals surface area contributed by atoms with Crippen LogP contribution in [-0.2, 0) is 11.3 Å². The van der Waals surface area contributed by atoms with Crippen LogP contribution in [0.3, 0.4) is 0 Å². The molecule has 0 bridgehead atoms. The van der Waals surface area contributed by atoms with Crippen LogP contribution in [0.4, 0.5) is 4.39 Å². The molecule has 1 aromatic rings. The second-order valence-corrected chi connectivity index (χ2v) is 7.32. The van der Waals surface area contributed by atoms with Crippen LogP contribution < -0.4 is 0 Å². The van der Waals surface area contributed by atoms with Gasteiger partial charge in [-0.2, -0.15) is 0 Å². The van der Waals surface area contributed by atoms with Crippen LogP contribution in [0.2, 0.25) is 5.02 Å². The van der Waals surface area contributed by atoms with E-state index in [2.05, 4.69) is 16.8 Å². The largest absolute Gasteiger partial charge is 0.381 e. The fourth-order valence-electron chi connectivity index (χ4n) is 3.68. The van der Waals surface area contributed by atoms with E-state index < -0.39 is 0 Å². The Morgan fingerprint density at radius 2 is 2.09 bits per heavy atom. The zero-order chi connectivity index (χ0) is 16.2. The first-order valence-electron chi connectivity index (χ1n) is 8.56. The van der Waals surface area contributed by atoms with E-state index in [0.29, 0.717) is 11.1 Å². The lowest BCUT2D eigenvalue weighted by Gasteiger charge is -2.37. The normalized spacial score (nSPS) is 23.7. The van der Waals surface area contributed by atoms with Crippen molar-refractivity contribution in [2.24, 2.45) is 5.92 Å². The monoisotopic (exact) mass is 340 g/mol. The number of ether oxygens (including phenoxy) is 1. The fourth-order valence-corrected chi connectivity index (χ4v) is 3.91. The number of piperidine rings is 1. The van der Waals surface area contributed by atoms with Gasteiger partial charge in [-0.05, 0) is 63.0 Å². The van der Waals surface area contributed by atoms with E-state index >= 15 is 0 Å². The summed E-state index contributed by atoms with van der Waals surface area (Å²) < 4.78 is 18.6. The third kappa shape index (κ3) is 4.66. The SMILES string of the molecule is CN(Cc1ccc(F)cc1Cl)C1CCN(C[C@@H]2CCOC2)CC1. The van der Waals surface area contributed by atoms with Gasteiger partial charge < -0.3 is 9.64 Å². The molecule has 3 nitrogen and oxygen atoms in total. The van der Waals surface area contributed by atoms with Crippen molar-refractivity contribution in [2.75, 3.05) is 39.9 Å². The Bertz CT molecular complexity index is 514. The number of halogens is 2. The van der Waals surface area contributed by atoms with Crippen LogP contribution in [0.5, 0.6) is 0 Å². The lowest BCUT2D eigenvalue weighted by Crippen LogP contribution is -2.44. The number of likely N-dealkylation sites (tertiary alicyclic amines) is 1. The maximum Gasteiger partial charge on any atom is 0.124 e. The molecule has 0 saturated carbocycles. The van der Waals surface area contributed by atoms with Crippen LogP contribution in [-0.4, -0.2) is 55.7 Å². The summed E-state index contributed by atoms with van der Waals surface area (Å²) in [5.74, 6) is 0.452. The highest BCUT2D eigenvalue weighted by Gasteiger charge is 2.25. The first kappa shape index (κ1) is 17.2. The summed E-state index contributed by atoms with van der Waals surface area (Å²) in [5, 5.41) is 0.524. The lowest BCUT2D eigenvalue weighted by molar-refractivity contribution is 0.106. The standard InChI is InChI=1S/C18H26ClFN2O/c1-21(12-15-2-3-16(20)10-18(15)19)17-4-7-22(8-5-17)11-14-6-9-23-13-14/h2-3,10,14,17H,4-9,11-13H2,1H3/t14-/m0/s1. The van der Waals surface area contributed by atoms with Crippen molar-refractivity contribution in [3.8, 4) is 0 Å². The highest BCUT2D eigenvalue weighted by Crippen LogP contribution is 2.23. The molecule has 0 aliphatic carbocycles. The van der Waals surface area contributed by atoms with Gasteiger partial charge in [-0.25, -0.2) is 4.39 Å². The number of benzene rings is 1. The lowest BCUT2D eigenvalue weighted by atomic mass is 10.0. The van der Waals surface area contributed by atoms with Crippen molar-refractivity contribution in [3.63, 3.8) is 0 Å². The summed E-state index contributed by atoms with van der Waals surface area (Å²) in [6.45, 7) is 6.14. The van der Waals surface area contributed by atoms with E-state index in [1.807, 2.05) is 0 Å². The second kappa shape index (κ2) is 7.93. The van der Waals surface area contributed by atoms with Gasteiger partial charge in [0, 0.05) is 30.8 Å². The van der Waals surface area contributed by atoms with Crippen molar-refractivity contribution in [2.45, 2.75) is 31.8 Å². The molecule has 23 heavy (non-hydrogen) atoms. The van der Waals surface area contributed by atoms with Crippen molar-refractivity contribution >= 4 is 11.6 Å². The Hall–Kier alpha value is -0.680. The zero-order valence-corrected chi connectivity index (χ0v) is 14.6. The molecule has 0 unspecified atom stereocenters. The molecule has 2 aliphatic heterocycles. The first-order valence-corrected chi connectivity index (χ1v) is 8.94. The highest BCUT2D eigenvalue weighted by atomic mass is 35.5. The number of hydrogen-bond acceptors (Lipinski definition) is 3. The maximum absolute atomic E-state index is 13.1. The Kier molecular flexibility index (Phi) is 5.91. The number of nitrogens with zero attached hydrogens (tertiary/aromatic N) is 2. The van der Waals surface area contributed by atoms with Gasteiger partial charge in [-0.1, -0.05) is 17.7 Å². The molecule has 3 rings (SSSR count). The van der Waals surface area contributed by atoms with Crippen LogP contribution in [0.1, 0.15) is 24.8 Å². The van der Waals surface area contributed by atoms with Gasteiger partial charge in [0.2, 0.25) is 0 Å². The molecule has 1 aromatic carbocycles. The molecule has 5 heteroatoms. The summed E-state index contributed by atoms with van der Waals surface area (Å²) >= 11 is 6.14. The predicted octanol–water partition coefficient (Wildman–Crippen LogP) is 3.41. The topological polar surface area (TPSA) is 15.7 Å². The van der Waals surface area contributed by atoms with Crippen molar-refractivity contribution < 1.29 is 9.13 Å². The zero-order valence-electron chi connectivity index (χ0n) is 13.8. The molecule has 0 spiro atoms. The van der Waals surface area contributed by atoms with Gasteiger partial charge >= 0.3 is 0 Å². The van der Waals surface area contributed by atoms with Gasteiger partial charge in [0.25, 0.3) is 0 Å². The Balaban J connectivity index is 1.46. The van der Waals surface area contributed by atoms with Crippen molar-refractivity contribution in [3.05, 3.63) is 34.6 Å². The minimum atomic E-state index is -0.273. The van der Waals surface area contributed by atoms with Crippen molar-refractivity contribution in [1.82, 2.24) is 9.80 Å². The molecule has 1 atom stereocenters. The Morgan fingerprint density at radius 3 is 2.74 bits per heavy atom. The number of hydrogen-bond donors (Lipinski definition) is 0. The summed E-state index contributed by atoms with van der Waals surface area (Å²) in [7, 11) is 2.14. The summed E-state index contributed by atoms with van der Waals surface area (Å²) in [6, 6.07) is 5.26. The summed E-state index contributed by atoms with van der Waals surface area (Å²) in [4.78, 5) is 4.93. The maximum atomic E-state index is 13.1. The van der Waals surface area contributed by atoms with Crippen LogP contribution in [0.25, 0.3) is 0 Å². The molecule has 2 saturated heterocycles. The average Bonchev–Trinajstić information content (AvgIpc) is 3.04. The molecule has 0 amide bonds. The van der Waals surface area contributed by atoms with E-state index in [-0.39, 0.29) is 5.82 Å². The minimum Gasteiger partial charge on any atom is -0.381 e. The van der Waals surface area contributed by atoms with E-state index in [1.165, 1.54) is 37.9 Å². The molecule has 128 valence electrons. The Labute approximate surface area is 143 Å². The van der Waals surface area contributed by atoms with E-state index in [1.54, 1.807) is 6.07 Å². The third-order valence-corrected chi connectivity index (χ3v) is 5.51. The predicted molar refractivity (Wildman–Crippen MR) is 91.3 cm³/mol. The second-order valence-electron chi connectivity index (χ2n) is 6.91. The summed E-state index contributed by atoms with van der Waals surface area (Å²) in [5.41, 5.74) is 1.00. The molecule has 2 aliphatic rings. The molecule has 2 heterocycles. The van der Waals surface area contributed by atoms with Crippen molar-refractivity contribution in [1.29, 1.82) is 0 Å². The van der Waals surface area contributed by atoms with Crippen LogP contribution in [0.15, 0.2) is 18.2 Å². The molecular weight excluding hydrogens is 315 g/mol. The number of rotatable bonds is 5. The van der Waals surface area contributed by atoms with E-state index in [9.17, 15) is 4.39 Å². The van der Waals surface area contributed by atoms with Crippen LogP contribution >= 0.6 is 11.6 Å². The first-order chi connectivity index (χ1) is 11.1. The summed E-state index contributed by atoms with van der Waals surface area (Å²) in [6.07, 6.45) is 3.58.